The third kappa shape index (κ3) is 2.19. The van der Waals surface area contributed by atoms with Crippen LogP contribution in [-0.4, -0.2) is 14.8 Å². The Morgan fingerprint density at radius 1 is 1.83 bits per heavy atom. The zero-order valence-corrected chi connectivity index (χ0v) is 8.32. The molecular formula is C7H10ClN3S. The first-order valence-electron chi connectivity index (χ1n) is 3.57. The van der Waals surface area contributed by atoms with Gasteiger partial charge in [0.25, 0.3) is 0 Å². The van der Waals surface area contributed by atoms with E-state index in [1.165, 1.54) is 0 Å². The van der Waals surface area contributed by atoms with Crippen molar-refractivity contribution in [3.8, 4) is 0 Å². The predicted molar refractivity (Wildman–Crippen MR) is 53.4 cm³/mol. The first kappa shape index (κ1) is 9.48. The van der Waals surface area contributed by atoms with E-state index >= 15 is 0 Å². The Labute approximate surface area is 81.5 Å². The van der Waals surface area contributed by atoms with Gasteiger partial charge >= 0.3 is 0 Å². The van der Waals surface area contributed by atoms with Gasteiger partial charge < -0.3 is 5.73 Å². The summed E-state index contributed by atoms with van der Waals surface area (Å²) in [4.78, 5) is 0.501. The van der Waals surface area contributed by atoms with Crippen LogP contribution in [0.4, 0.5) is 0 Å². The molecule has 2 N–H and O–H groups in total. The highest BCUT2D eigenvalue weighted by Crippen LogP contribution is 2.13. The highest BCUT2D eigenvalue weighted by molar-refractivity contribution is 7.80. The van der Waals surface area contributed by atoms with Crippen molar-refractivity contribution < 1.29 is 0 Å². The lowest BCUT2D eigenvalue weighted by Crippen LogP contribution is -2.13. The molecule has 12 heavy (non-hydrogen) atoms. The Morgan fingerprint density at radius 2 is 2.50 bits per heavy atom. The summed E-state index contributed by atoms with van der Waals surface area (Å²) in [5.41, 5.74) is 6.31. The lowest BCUT2D eigenvalue weighted by atomic mass is 10.4. The molecule has 0 saturated carbocycles. The van der Waals surface area contributed by atoms with Gasteiger partial charge in [-0.3, -0.25) is 4.68 Å². The number of thiocarbonyl (C=S) groups is 1. The minimum atomic E-state index is 0.501. The van der Waals surface area contributed by atoms with Gasteiger partial charge in [-0.05, 0) is 6.92 Å². The van der Waals surface area contributed by atoms with Crippen LogP contribution < -0.4 is 5.73 Å². The maximum atomic E-state index is 5.80. The fourth-order valence-electron chi connectivity index (χ4n) is 0.865. The standard InChI is InChI=1S/C7H10ClN3S/c1-5-6(8)4-10-11(5)3-2-7(9)12/h4H,2-3H2,1H3,(H2,9,12). The molecule has 0 unspecified atom stereocenters. The van der Waals surface area contributed by atoms with Crippen LogP contribution in [0.3, 0.4) is 0 Å². The van der Waals surface area contributed by atoms with Crippen LogP contribution in [0, 0.1) is 6.92 Å². The molecule has 1 aromatic heterocycles. The Kier molecular flexibility index (Phi) is 3.05. The number of nitrogens with zero attached hydrogens (tertiary/aromatic N) is 2. The molecule has 0 spiro atoms. The van der Waals surface area contributed by atoms with Crippen LogP contribution in [0.5, 0.6) is 0 Å². The third-order valence-corrected chi connectivity index (χ3v) is 2.19. The van der Waals surface area contributed by atoms with E-state index in [1.807, 2.05) is 6.92 Å². The quantitative estimate of drug-likeness (QED) is 0.758. The number of aromatic nitrogens is 2. The highest BCUT2D eigenvalue weighted by atomic mass is 35.5. The molecule has 0 atom stereocenters. The van der Waals surface area contributed by atoms with E-state index in [9.17, 15) is 0 Å². The monoisotopic (exact) mass is 203 g/mol. The molecule has 66 valence electrons. The molecule has 0 bridgehead atoms. The molecule has 0 saturated heterocycles. The minimum absolute atomic E-state index is 0.501. The molecule has 0 aromatic carbocycles. The second-order valence-electron chi connectivity index (χ2n) is 2.52. The molecule has 3 nitrogen and oxygen atoms in total. The molecule has 0 fully saturated rings. The second-order valence-corrected chi connectivity index (χ2v) is 3.45. The van der Waals surface area contributed by atoms with Gasteiger partial charge in [0.05, 0.1) is 21.9 Å². The number of hydrogen-bond donors (Lipinski definition) is 1. The topological polar surface area (TPSA) is 43.8 Å². The second kappa shape index (κ2) is 3.87. The average Bonchev–Trinajstić information content (AvgIpc) is 2.30. The minimum Gasteiger partial charge on any atom is -0.393 e. The van der Waals surface area contributed by atoms with Gasteiger partial charge in [0.15, 0.2) is 0 Å². The Morgan fingerprint density at radius 3 is 2.92 bits per heavy atom. The summed E-state index contributed by atoms with van der Waals surface area (Å²) >= 11 is 10.5. The summed E-state index contributed by atoms with van der Waals surface area (Å²) in [6.45, 7) is 2.61. The van der Waals surface area contributed by atoms with Crippen LogP contribution in [0.1, 0.15) is 12.1 Å². The first-order chi connectivity index (χ1) is 5.61. The van der Waals surface area contributed by atoms with Gasteiger partial charge in [-0.1, -0.05) is 23.8 Å². The van der Waals surface area contributed by atoms with Crippen molar-refractivity contribution in [2.45, 2.75) is 19.9 Å². The average molecular weight is 204 g/mol. The third-order valence-electron chi connectivity index (χ3n) is 1.61. The van der Waals surface area contributed by atoms with Crippen molar-refractivity contribution in [3.63, 3.8) is 0 Å². The Balaban J connectivity index is 2.63. The van der Waals surface area contributed by atoms with Gasteiger partial charge in [0, 0.05) is 13.0 Å². The van der Waals surface area contributed by atoms with E-state index in [2.05, 4.69) is 5.10 Å². The van der Waals surface area contributed by atoms with Crippen LogP contribution >= 0.6 is 23.8 Å². The maximum absolute atomic E-state index is 5.80. The number of rotatable bonds is 3. The van der Waals surface area contributed by atoms with Crippen LogP contribution in [0.15, 0.2) is 6.20 Å². The summed E-state index contributed by atoms with van der Waals surface area (Å²) in [6, 6.07) is 0. The SMILES string of the molecule is Cc1c(Cl)cnn1CCC(N)=S. The van der Waals surface area contributed by atoms with Crippen molar-refractivity contribution in [2.24, 2.45) is 5.73 Å². The van der Waals surface area contributed by atoms with E-state index in [1.54, 1.807) is 10.9 Å². The van der Waals surface area contributed by atoms with Gasteiger partial charge in [-0.25, -0.2) is 0 Å². The number of halogens is 1. The molecule has 0 radical (unpaired) electrons. The number of hydrogen-bond acceptors (Lipinski definition) is 2. The van der Waals surface area contributed by atoms with Crippen molar-refractivity contribution in [1.29, 1.82) is 0 Å². The highest BCUT2D eigenvalue weighted by Gasteiger charge is 2.02. The normalized spacial score (nSPS) is 10.2. The Bertz CT molecular complexity index is 295. The van der Waals surface area contributed by atoms with E-state index in [4.69, 9.17) is 29.6 Å². The van der Waals surface area contributed by atoms with Crippen molar-refractivity contribution >= 4 is 28.8 Å². The first-order valence-corrected chi connectivity index (χ1v) is 4.36. The fraction of sp³-hybridized carbons (Fsp3) is 0.429. The van der Waals surface area contributed by atoms with Crippen molar-refractivity contribution in [1.82, 2.24) is 9.78 Å². The zero-order valence-electron chi connectivity index (χ0n) is 6.75. The molecule has 1 heterocycles. The zero-order chi connectivity index (χ0) is 9.14. The van der Waals surface area contributed by atoms with E-state index in [-0.39, 0.29) is 0 Å². The fourth-order valence-corrected chi connectivity index (χ4v) is 1.10. The van der Waals surface area contributed by atoms with Gasteiger partial charge in [-0.15, -0.1) is 0 Å². The van der Waals surface area contributed by atoms with Crippen molar-refractivity contribution in [2.75, 3.05) is 0 Å². The summed E-state index contributed by atoms with van der Waals surface area (Å²) in [5.74, 6) is 0. The summed E-state index contributed by atoms with van der Waals surface area (Å²) in [5, 5.41) is 4.74. The van der Waals surface area contributed by atoms with E-state index in [0.717, 1.165) is 5.69 Å². The lowest BCUT2D eigenvalue weighted by Gasteiger charge is -2.02. The van der Waals surface area contributed by atoms with Gasteiger partial charge in [0.2, 0.25) is 0 Å². The number of aryl methyl sites for hydroxylation is 1. The largest absolute Gasteiger partial charge is 0.393 e. The van der Waals surface area contributed by atoms with Crippen LogP contribution in [-0.2, 0) is 6.54 Å². The molecule has 1 aromatic rings. The lowest BCUT2D eigenvalue weighted by molar-refractivity contribution is 0.617. The van der Waals surface area contributed by atoms with Crippen LogP contribution in [0.25, 0.3) is 0 Å². The molecule has 0 aliphatic heterocycles. The molecule has 0 amide bonds. The van der Waals surface area contributed by atoms with Crippen LogP contribution in [0.2, 0.25) is 5.02 Å². The van der Waals surface area contributed by atoms with Crippen molar-refractivity contribution in [3.05, 3.63) is 16.9 Å². The molecular weight excluding hydrogens is 194 g/mol. The molecule has 1 rings (SSSR count). The smallest absolute Gasteiger partial charge is 0.0814 e. The summed E-state index contributed by atoms with van der Waals surface area (Å²) in [7, 11) is 0. The van der Waals surface area contributed by atoms with Gasteiger partial charge in [0.1, 0.15) is 0 Å². The predicted octanol–water partition coefficient (Wildman–Crippen LogP) is 1.52. The summed E-state index contributed by atoms with van der Waals surface area (Å²) < 4.78 is 1.79. The van der Waals surface area contributed by atoms with E-state index in [0.29, 0.717) is 23.0 Å². The molecule has 5 heteroatoms. The number of nitrogens with two attached hydrogens (primary N) is 1. The maximum Gasteiger partial charge on any atom is 0.0814 e. The molecule has 0 aliphatic rings. The molecule has 0 aliphatic carbocycles. The Hall–Kier alpha value is -0.610. The summed E-state index contributed by atoms with van der Waals surface area (Å²) in [6.07, 6.45) is 2.28. The van der Waals surface area contributed by atoms with E-state index < -0.39 is 0 Å². The van der Waals surface area contributed by atoms with Gasteiger partial charge in [-0.2, -0.15) is 5.10 Å².